The number of hydrogen-bond acceptors (Lipinski definition) is 3. The molecule has 0 saturated carbocycles. The second-order valence-corrected chi connectivity index (χ2v) is 6.95. The molecule has 0 aliphatic carbocycles. The minimum Gasteiger partial charge on any atom is -0.302 e. The maximum atomic E-state index is 13.5. The molecule has 1 aliphatic rings. The first-order chi connectivity index (χ1) is 9.50. The topological polar surface area (TPSA) is 49.4 Å². The summed E-state index contributed by atoms with van der Waals surface area (Å²) in [6, 6.07) is 5.92. The highest BCUT2D eigenvalue weighted by molar-refractivity contribution is 7.88. The van der Waals surface area contributed by atoms with Crippen LogP contribution in [0, 0.1) is 5.82 Å². The van der Waals surface area contributed by atoms with Crippen molar-refractivity contribution in [2.24, 2.45) is 0 Å². The zero-order chi connectivity index (χ0) is 14.6. The van der Waals surface area contributed by atoms with E-state index in [-0.39, 0.29) is 17.4 Å². The van der Waals surface area contributed by atoms with E-state index >= 15 is 0 Å². The first kappa shape index (κ1) is 15.4. The third-order valence-electron chi connectivity index (χ3n) is 3.60. The van der Waals surface area contributed by atoms with Gasteiger partial charge in [-0.2, -0.15) is 0 Å². The van der Waals surface area contributed by atoms with Crippen molar-refractivity contribution in [1.29, 1.82) is 0 Å². The second-order valence-electron chi connectivity index (χ2n) is 5.20. The van der Waals surface area contributed by atoms with Crippen molar-refractivity contribution in [3.05, 3.63) is 35.6 Å². The number of likely N-dealkylation sites (N-methyl/N-ethyl adjacent to an activating group) is 1. The average Bonchev–Trinajstić information content (AvgIpc) is 2.41. The summed E-state index contributed by atoms with van der Waals surface area (Å²) in [6.45, 7) is 4.73. The van der Waals surface area contributed by atoms with E-state index in [1.165, 1.54) is 12.1 Å². The van der Waals surface area contributed by atoms with Crippen molar-refractivity contribution < 1.29 is 12.8 Å². The van der Waals surface area contributed by atoms with Gasteiger partial charge in [0.1, 0.15) is 5.82 Å². The fourth-order valence-electron chi connectivity index (χ4n) is 2.55. The molecule has 1 N–H and O–H groups in total. The van der Waals surface area contributed by atoms with Gasteiger partial charge in [-0.15, -0.1) is 0 Å². The molecule has 1 aromatic carbocycles. The molecule has 6 heteroatoms. The Morgan fingerprint density at radius 3 is 2.85 bits per heavy atom. The lowest BCUT2D eigenvalue weighted by Crippen LogP contribution is -2.47. The number of halogens is 1. The number of hydrogen-bond donors (Lipinski definition) is 1. The number of piperidine rings is 1. The number of nitrogens with zero attached hydrogens (tertiary/aromatic N) is 1. The molecule has 0 radical (unpaired) electrons. The van der Waals surface area contributed by atoms with Gasteiger partial charge in [-0.1, -0.05) is 25.1 Å². The van der Waals surface area contributed by atoms with Gasteiger partial charge in [0.05, 0.1) is 5.75 Å². The molecule has 2 rings (SSSR count). The molecule has 0 spiro atoms. The Balaban J connectivity index is 1.99. The van der Waals surface area contributed by atoms with Gasteiger partial charge in [0.25, 0.3) is 0 Å². The van der Waals surface area contributed by atoms with E-state index in [0.717, 1.165) is 32.5 Å². The van der Waals surface area contributed by atoms with E-state index in [9.17, 15) is 12.8 Å². The molecule has 20 heavy (non-hydrogen) atoms. The maximum absolute atomic E-state index is 13.5. The summed E-state index contributed by atoms with van der Waals surface area (Å²) in [4.78, 5) is 2.22. The predicted octanol–water partition coefficient (Wildman–Crippen LogP) is 1.73. The van der Waals surface area contributed by atoms with Crippen molar-refractivity contribution in [2.75, 3.05) is 19.6 Å². The van der Waals surface area contributed by atoms with Gasteiger partial charge in [0.2, 0.25) is 10.0 Å². The highest BCUT2D eigenvalue weighted by Gasteiger charge is 2.24. The summed E-state index contributed by atoms with van der Waals surface area (Å²) in [7, 11) is -3.51. The fourth-order valence-corrected chi connectivity index (χ4v) is 3.98. The van der Waals surface area contributed by atoms with Crippen molar-refractivity contribution in [2.45, 2.75) is 31.6 Å². The Morgan fingerprint density at radius 1 is 1.40 bits per heavy atom. The van der Waals surface area contributed by atoms with Crippen LogP contribution in [0.15, 0.2) is 24.3 Å². The molecule has 0 amide bonds. The van der Waals surface area contributed by atoms with Crippen LogP contribution in [0.4, 0.5) is 4.39 Å². The van der Waals surface area contributed by atoms with Crippen LogP contribution >= 0.6 is 0 Å². The lowest BCUT2D eigenvalue weighted by atomic mass is 10.1. The molecule has 4 nitrogen and oxygen atoms in total. The van der Waals surface area contributed by atoms with Gasteiger partial charge < -0.3 is 4.90 Å². The van der Waals surface area contributed by atoms with Crippen LogP contribution < -0.4 is 4.72 Å². The molecule has 0 bridgehead atoms. The van der Waals surface area contributed by atoms with E-state index in [1.54, 1.807) is 12.1 Å². The maximum Gasteiger partial charge on any atom is 0.216 e. The number of nitrogens with one attached hydrogen (secondary N) is 1. The Bertz CT molecular complexity index is 548. The minimum atomic E-state index is -3.51. The normalized spacial score (nSPS) is 21.0. The van der Waals surface area contributed by atoms with Crippen molar-refractivity contribution in [3.8, 4) is 0 Å². The number of benzene rings is 1. The summed E-state index contributed by atoms with van der Waals surface area (Å²) in [5.41, 5.74) is 0.211. The van der Waals surface area contributed by atoms with Crippen LogP contribution in [0.1, 0.15) is 25.3 Å². The number of likely N-dealkylation sites (tertiary alicyclic amines) is 1. The lowest BCUT2D eigenvalue weighted by Gasteiger charge is -2.32. The largest absolute Gasteiger partial charge is 0.302 e. The molecule has 1 heterocycles. The molecule has 1 fully saturated rings. The quantitative estimate of drug-likeness (QED) is 0.901. The van der Waals surface area contributed by atoms with Crippen LogP contribution in [-0.2, 0) is 15.8 Å². The van der Waals surface area contributed by atoms with E-state index in [0.29, 0.717) is 0 Å². The van der Waals surface area contributed by atoms with E-state index < -0.39 is 15.8 Å². The summed E-state index contributed by atoms with van der Waals surface area (Å²) in [6.07, 6.45) is 1.83. The minimum absolute atomic E-state index is 0.0690. The zero-order valence-electron chi connectivity index (χ0n) is 11.7. The van der Waals surface area contributed by atoms with Gasteiger partial charge in [-0.25, -0.2) is 17.5 Å². The van der Waals surface area contributed by atoms with Crippen molar-refractivity contribution in [1.82, 2.24) is 9.62 Å². The van der Waals surface area contributed by atoms with E-state index in [2.05, 4.69) is 16.5 Å². The summed E-state index contributed by atoms with van der Waals surface area (Å²) >= 11 is 0. The fraction of sp³-hybridized carbons (Fsp3) is 0.571. The first-order valence-electron chi connectivity index (χ1n) is 6.96. The third kappa shape index (κ3) is 4.26. The van der Waals surface area contributed by atoms with Gasteiger partial charge in [0.15, 0.2) is 0 Å². The average molecular weight is 300 g/mol. The molecule has 1 aliphatic heterocycles. The van der Waals surface area contributed by atoms with E-state index in [4.69, 9.17) is 0 Å². The van der Waals surface area contributed by atoms with Gasteiger partial charge in [-0.05, 0) is 32.0 Å². The molecular weight excluding hydrogens is 279 g/mol. The molecule has 1 atom stereocenters. The van der Waals surface area contributed by atoms with Gasteiger partial charge in [0, 0.05) is 18.2 Å². The van der Waals surface area contributed by atoms with Crippen LogP contribution in [0.3, 0.4) is 0 Å². The first-order valence-corrected chi connectivity index (χ1v) is 8.61. The number of rotatable bonds is 5. The Kier molecular flexibility index (Phi) is 5.12. The molecule has 112 valence electrons. The highest BCUT2D eigenvalue weighted by Crippen LogP contribution is 2.14. The standard InChI is InChI=1S/C14H21FN2O2S/c1-2-17-9-5-7-13(10-17)16-20(18,19)11-12-6-3-4-8-14(12)15/h3-4,6,8,13,16H,2,5,7,9-11H2,1H3/t13-/m0/s1. The molecular formula is C14H21FN2O2S. The molecule has 1 saturated heterocycles. The lowest BCUT2D eigenvalue weighted by molar-refractivity contribution is 0.211. The Labute approximate surface area is 120 Å². The van der Waals surface area contributed by atoms with Crippen molar-refractivity contribution in [3.63, 3.8) is 0 Å². The monoisotopic (exact) mass is 300 g/mol. The highest BCUT2D eigenvalue weighted by atomic mass is 32.2. The van der Waals surface area contributed by atoms with Crippen LogP contribution in [0.25, 0.3) is 0 Å². The van der Waals surface area contributed by atoms with Gasteiger partial charge in [-0.3, -0.25) is 0 Å². The SMILES string of the molecule is CCN1CCC[C@H](NS(=O)(=O)Cc2ccccc2F)C1. The molecule has 0 aromatic heterocycles. The number of sulfonamides is 1. The second kappa shape index (κ2) is 6.65. The summed E-state index contributed by atoms with van der Waals surface area (Å²) in [5, 5.41) is 0. The van der Waals surface area contributed by atoms with Crippen LogP contribution in [-0.4, -0.2) is 39.0 Å². The van der Waals surface area contributed by atoms with E-state index in [1.807, 2.05) is 0 Å². The zero-order valence-corrected chi connectivity index (χ0v) is 12.5. The molecule has 1 aromatic rings. The smallest absolute Gasteiger partial charge is 0.216 e. The van der Waals surface area contributed by atoms with Gasteiger partial charge >= 0.3 is 0 Å². The van der Waals surface area contributed by atoms with Crippen LogP contribution in [0.5, 0.6) is 0 Å². The Morgan fingerprint density at radius 2 is 2.15 bits per heavy atom. The van der Waals surface area contributed by atoms with Crippen molar-refractivity contribution >= 4 is 10.0 Å². The summed E-state index contributed by atoms with van der Waals surface area (Å²) < 4.78 is 40.5. The molecule has 0 unspecified atom stereocenters. The summed E-state index contributed by atoms with van der Waals surface area (Å²) in [5.74, 6) is -0.779. The predicted molar refractivity (Wildman–Crippen MR) is 77.3 cm³/mol. The third-order valence-corrected chi connectivity index (χ3v) is 4.99. The Hall–Kier alpha value is -0.980. The van der Waals surface area contributed by atoms with Crippen LogP contribution in [0.2, 0.25) is 0 Å².